The average Bonchev–Trinajstić information content (AvgIpc) is 3.21. The number of aromatic nitrogens is 2. The highest BCUT2D eigenvalue weighted by molar-refractivity contribution is 14.0. The number of guanidine groups is 1. The smallest absolute Gasteiger partial charge is 0.191 e. The predicted octanol–water partition coefficient (Wildman–Crippen LogP) is 3.60. The fourth-order valence-electron chi connectivity index (χ4n) is 4.05. The third-order valence-corrected chi connectivity index (χ3v) is 5.59. The van der Waals surface area contributed by atoms with Crippen LogP contribution >= 0.6 is 24.0 Å². The van der Waals surface area contributed by atoms with Gasteiger partial charge in [0, 0.05) is 38.1 Å². The average molecular weight is 534 g/mol. The molecule has 0 spiro atoms. The second-order valence-electron chi connectivity index (χ2n) is 7.65. The first-order valence-electron chi connectivity index (χ1n) is 10.5. The molecule has 8 heteroatoms. The van der Waals surface area contributed by atoms with Crippen molar-refractivity contribution in [3.8, 4) is 5.75 Å². The van der Waals surface area contributed by atoms with Crippen molar-refractivity contribution >= 4 is 41.3 Å². The minimum absolute atomic E-state index is 0. The number of anilines is 1. The Morgan fingerprint density at radius 1 is 1.23 bits per heavy atom. The molecule has 1 fully saturated rings. The number of aryl methyl sites for hydroxylation is 1. The van der Waals surface area contributed by atoms with Crippen LogP contribution in [0.15, 0.2) is 53.7 Å². The number of methoxy groups -OCH3 is 1. The van der Waals surface area contributed by atoms with E-state index in [0.29, 0.717) is 12.6 Å². The van der Waals surface area contributed by atoms with Crippen LogP contribution in [0.25, 0.3) is 5.65 Å². The molecule has 1 aromatic carbocycles. The highest BCUT2D eigenvalue weighted by Crippen LogP contribution is 2.29. The van der Waals surface area contributed by atoms with Gasteiger partial charge >= 0.3 is 0 Å². The summed E-state index contributed by atoms with van der Waals surface area (Å²) >= 11 is 0. The molecule has 166 valence electrons. The Balaban J connectivity index is 0.00000272. The van der Waals surface area contributed by atoms with Gasteiger partial charge in [0.05, 0.1) is 25.0 Å². The molecule has 2 N–H and O–H groups in total. The molecule has 7 nitrogen and oxygen atoms in total. The Hall–Kier alpha value is -2.49. The zero-order chi connectivity index (χ0) is 20.9. The lowest BCUT2D eigenvalue weighted by Gasteiger charge is -2.36. The van der Waals surface area contributed by atoms with E-state index in [0.717, 1.165) is 54.7 Å². The van der Waals surface area contributed by atoms with E-state index >= 15 is 0 Å². The number of piperidine rings is 1. The first-order valence-corrected chi connectivity index (χ1v) is 10.5. The van der Waals surface area contributed by atoms with Crippen LogP contribution in [0.1, 0.15) is 24.2 Å². The van der Waals surface area contributed by atoms with E-state index < -0.39 is 0 Å². The van der Waals surface area contributed by atoms with Crippen molar-refractivity contribution in [2.75, 3.05) is 32.1 Å². The molecule has 0 amide bonds. The molecule has 3 heterocycles. The van der Waals surface area contributed by atoms with E-state index in [9.17, 15) is 0 Å². The molecule has 0 aliphatic carbocycles. The van der Waals surface area contributed by atoms with Gasteiger partial charge in [-0.2, -0.15) is 0 Å². The van der Waals surface area contributed by atoms with Crippen LogP contribution in [0, 0.1) is 6.92 Å². The third kappa shape index (κ3) is 5.41. The maximum absolute atomic E-state index is 5.55. The Kier molecular flexibility index (Phi) is 8.00. The lowest BCUT2D eigenvalue weighted by molar-refractivity contribution is 0.408. The van der Waals surface area contributed by atoms with E-state index in [2.05, 4.69) is 56.2 Å². The van der Waals surface area contributed by atoms with Gasteiger partial charge in [-0.3, -0.25) is 4.99 Å². The largest absolute Gasteiger partial charge is 0.495 e. The minimum atomic E-state index is 0. The first kappa shape index (κ1) is 23.2. The van der Waals surface area contributed by atoms with Crippen molar-refractivity contribution in [2.45, 2.75) is 32.4 Å². The topological polar surface area (TPSA) is 66.2 Å². The number of imidazole rings is 1. The van der Waals surface area contributed by atoms with Crippen molar-refractivity contribution in [1.82, 2.24) is 20.0 Å². The van der Waals surface area contributed by atoms with E-state index in [4.69, 9.17) is 9.72 Å². The number of hydrogen-bond donors (Lipinski definition) is 2. The Morgan fingerprint density at radius 3 is 2.84 bits per heavy atom. The van der Waals surface area contributed by atoms with Gasteiger partial charge in [0.2, 0.25) is 0 Å². The number of aliphatic imine (C=N–C) groups is 1. The highest BCUT2D eigenvalue weighted by atomic mass is 127. The van der Waals surface area contributed by atoms with Gasteiger partial charge in [0.15, 0.2) is 5.96 Å². The summed E-state index contributed by atoms with van der Waals surface area (Å²) in [6, 6.07) is 14.7. The van der Waals surface area contributed by atoms with Crippen molar-refractivity contribution in [3.05, 3.63) is 60.0 Å². The van der Waals surface area contributed by atoms with E-state index in [1.807, 2.05) is 31.3 Å². The Bertz CT molecular complexity index is 1030. The zero-order valence-corrected chi connectivity index (χ0v) is 20.7. The normalized spacial score (nSPS) is 16.7. The molecule has 4 rings (SSSR count). The van der Waals surface area contributed by atoms with Crippen molar-refractivity contribution < 1.29 is 4.74 Å². The second kappa shape index (κ2) is 10.7. The van der Waals surface area contributed by atoms with Crippen molar-refractivity contribution in [1.29, 1.82) is 0 Å². The monoisotopic (exact) mass is 534 g/mol. The van der Waals surface area contributed by atoms with Crippen molar-refractivity contribution in [2.24, 2.45) is 4.99 Å². The van der Waals surface area contributed by atoms with Crippen LogP contribution in [0.2, 0.25) is 0 Å². The summed E-state index contributed by atoms with van der Waals surface area (Å²) in [6.45, 7) is 4.66. The molecular formula is C23H31IN6O. The lowest BCUT2D eigenvalue weighted by atomic mass is 10.0. The summed E-state index contributed by atoms with van der Waals surface area (Å²) in [5.74, 6) is 1.72. The molecule has 31 heavy (non-hydrogen) atoms. The standard InChI is InChI=1S/C23H30N6O.HI/c1-17-8-6-12-22-26-19(16-29(17)22)14-25-23(24-2)27-18-9-7-13-28(15-18)20-10-4-5-11-21(20)30-3;/h4-6,8,10-12,16,18H,7,9,13-15H2,1-3H3,(H2,24,25,27);1H. The van der Waals surface area contributed by atoms with E-state index in [-0.39, 0.29) is 24.0 Å². The summed E-state index contributed by atoms with van der Waals surface area (Å²) in [7, 11) is 3.54. The molecule has 1 saturated heterocycles. The summed E-state index contributed by atoms with van der Waals surface area (Å²) in [5, 5.41) is 6.99. The zero-order valence-electron chi connectivity index (χ0n) is 18.3. The lowest BCUT2D eigenvalue weighted by Crippen LogP contribution is -2.51. The van der Waals surface area contributed by atoms with Gasteiger partial charge in [-0.25, -0.2) is 4.98 Å². The maximum atomic E-state index is 5.55. The number of para-hydroxylation sites is 2. The summed E-state index contributed by atoms with van der Waals surface area (Å²) in [4.78, 5) is 11.5. The molecule has 1 atom stereocenters. The van der Waals surface area contributed by atoms with Crippen LogP contribution in [-0.2, 0) is 6.54 Å². The summed E-state index contributed by atoms with van der Waals surface area (Å²) in [6.07, 6.45) is 4.31. The number of ether oxygens (including phenoxy) is 1. The van der Waals surface area contributed by atoms with E-state index in [1.165, 1.54) is 5.69 Å². The van der Waals surface area contributed by atoms with Gasteiger partial charge < -0.3 is 24.7 Å². The molecular weight excluding hydrogens is 503 g/mol. The van der Waals surface area contributed by atoms with Gasteiger partial charge in [0.1, 0.15) is 11.4 Å². The highest BCUT2D eigenvalue weighted by Gasteiger charge is 2.22. The van der Waals surface area contributed by atoms with Crippen LogP contribution in [0.5, 0.6) is 5.75 Å². The number of rotatable bonds is 5. The number of halogens is 1. The van der Waals surface area contributed by atoms with Crippen LogP contribution < -0.4 is 20.3 Å². The van der Waals surface area contributed by atoms with Crippen LogP contribution in [0.4, 0.5) is 5.69 Å². The third-order valence-electron chi connectivity index (χ3n) is 5.59. The predicted molar refractivity (Wildman–Crippen MR) is 137 cm³/mol. The number of nitrogens with one attached hydrogen (secondary N) is 2. The van der Waals surface area contributed by atoms with Crippen LogP contribution in [0.3, 0.4) is 0 Å². The Morgan fingerprint density at radius 2 is 2.06 bits per heavy atom. The van der Waals surface area contributed by atoms with Crippen molar-refractivity contribution in [3.63, 3.8) is 0 Å². The molecule has 1 unspecified atom stereocenters. The number of fused-ring (bicyclic) bond motifs is 1. The first-order chi connectivity index (χ1) is 14.7. The number of pyridine rings is 1. The maximum Gasteiger partial charge on any atom is 0.191 e. The number of hydrogen-bond acceptors (Lipinski definition) is 4. The number of nitrogens with zero attached hydrogens (tertiary/aromatic N) is 4. The quantitative estimate of drug-likeness (QED) is 0.298. The molecule has 1 aliphatic heterocycles. The van der Waals surface area contributed by atoms with E-state index in [1.54, 1.807) is 7.11 Å². The molecule has 3 aromatic rings. The van der Waals surface area contributed by atoms with Gasteiger partial charge in [-0.15, -0.1) is 24.0 Å². The molecule has 0 radical (unpaired) electrons. The van der Waals surface area contributed by atoms with Gasteiger partial charge in [-0.05, 0) is 44.0 Å². The summed E-state index contributed by atoms with van der Waals surface area (Å²) in [5.41, 5.74) is 4.28. The number of benzene rings is 1. The van der Waals surface area contributed by atoms with Gasteiger partial charge in [-0.1, -0.05) is 18.2 Å². The molecule has 2 aromatic heterocycles. The van der Waals surface area contributed by atoms with Crippen LogP contribution in [-0.4, -0.2) is 48.6 Å². The fraction of sp³-hybridized carbons (Fsp3) is 0.391. The fourth-order valence-corrected chi connectivity index (χ4v) is 4.05. The minimum Gasteiger partial charge on any atom is -0.495 e. The van der Waals surface area contributed by atoms with Gasteiger partial charge in [0.25, 0.3) is 0 Å². The second-order valence-corrected chi connectivity index (χ2v) is 7.65. The Labute approximate surface area is 200 Å². The molecule has 0 saturated carbocycles. The molecule has 0 bridgehead atoms. The summed E-state index contributed by atoms with van der Waals surface area (Å²) < 4.78 is 7.66. The molecule has 1 aliphatic rings. The SMILES string of the molecule is CN=C(NCc1cn2c(C)cccc2n1)NC1CCCN(c2ccccc2OC)C1.I.